The summed E-state index contributed by atoms with van der Waals surface area (Å²) in [5, 5.41) is 79.4. The van der Waals surface area contributed by atoms with Crippen molar-refractivity contribution in [2.75, 3.05) is 6.61 Å². The van der Waals surface area contributed by atoms with E-state index in [4.69, 9.17) is 14.2 Å². The van der Waals surface area contributed by atoms with Crippen molar-refractivity contribution < 1.29 is 55.1 Å². The van der Waals surface area contributed by atoms with Crippen molar-refractivity contribution in [3.05, 3.63) is 41.5 Å². The lowest BCUT2D eigenvalue weighted by Crippen LogP contribution is -2.60. The van der Waals surface area contributed by atoms with Gasteiger partial charge in [0.05, 0.1) is 12.7 Å². The molecule has 0 aliphatic carbocycles. The van der Waals surface area contributed by atoms with E-state index >= 15 is 0 Å². The fourth-order valence-corrected chi connectivity index (χ4v) is 3.82. The Balaban J connectivity index is 1.59. The van der Waals surface area contributed by atoms with Crippen LogP contribution in [0.4, 0.5) is 0 Å². The van der Waals surface area contributed by atoms with E-state index in [1.165, 1.54) is 30.3 Å². The number of fused-ring (bicyclic) bond motifs is 1. The minimum Gasteiger partial charge on any atom is -0.507 e. The lowest BCUT2D eigenvalue weighted by Gasteiger charge is -2.39. The van der Waals surface area contributed by atoms with Crippen LogP contribution in [0.1, 0.15) is 17.2 Å². The van der Waals surface area contributed by atoms with Crippen LogP contribution in [-0.4, -0.2) is 84.3 Å². The van der Waals surface area contributed by atoms with Gasteiger partial charge in [0.1, 0.15) is 47.8 Å². The van der Waals surface area contributed by atoms with Gasteiger partial charge in [-0.1, -0.05) is 6.07 Å². The molecule has 2 heterocycles. The molecule has 2 aromatic rings. The maximum atomic E-state index is 10.5. The standard InChI is InChI=1S/C21H24O11/c22-7-16-17(27)18(28)19(29)21(32-16)30-9-4-12(24)10-6-14(26)20(31-15(10)5-9)8-1-2-11(23)13(25)3-8/h1-5,14,16-29H,6-7H2/t14-,16-,17-,18-,19-,20+,21-/m0/s1. The quantitative estimate of drug-likeness (QED) is 0.266. The predicted octanol–water partition coefficient (Wildman–Crippen LogP) is -0.981. The van der Waals surface area contributed by atoms with E-state index in [0.717, 1.165) is 0 Å². The second-order valence-corrected chi connectivity index (χ2v) is 7.79. The molecule has 11 heteroatoms. The van der Waals surface area contributed by atoms with Crippen LogP contribution >= 0.6 is 0 Å². The van der Waals surface area contributed by atoms with Gasteiger partial charge in [-0.05, 0) is 17.7 Å². The zero-order valence-corrected chi connectivity index (χ0v) is 16.6. The van der Waals surface area contributed by atoms with Crippen molar-refractivity contribution in [2.24, 2.45) is 0 Å². The average molecular weight is 452 g/mol. The van der Waals surface area contributed by atoms with E-state index in [2.05, 4.69) is 0 Å². The number of hydrogen-bond donors (Lipinski definition) is 8. The summed E-state index contributed by atoms with van der Waals surface area (Å²) in [6.45, 7) is -0.623. The fraction of sp³-hybridized carbons (Fsp3) is 0.429. The average Bonchev–Trinajstić information content (AvgIpc) is 2.76. The molecule has 2 aliphatic rings. The molecule has 0 saturated carbocycles. The predicted molar refractivity (Wildman–Crippen MR) is 105 cm³/mol. The van der Waals surface area contributed by atoms with Crippen LogP contribution in [0, 0.1) is 0 Å². The Hall–Kier alpha value is -2.80. The number of benzene rings is 2. The first kappa shape index (κ1) is 22.4. The van der Waals surface area contributed by atoms with Crippen molar-refractivity contribution in [3.63, 3.8) is 0 Å². The summed E-state index contributed by atoms with van der Waals surface area (Å²) < 4.78 is 16.7. The summed E-state index contributed by atoms with van der Waals surface area (Å²) in [5.74, 6) is -0.811. The molecule has 8 N–H and O–H groups in total. The molecule has 0 amide bonds. The van der Waals surface area contributed by atoms with Crippen LogP contribution in [0.15, 0.2) is 30.3 Å². The van der Waals surface area contributed by atoms with Crippen molar-refractivity contribution in [1.82, 2.24) is 0 Å². The summed E-state index contributed by atoms with van der Waals surface area (Å²) in [6.07, 6.45) is -9.39. The molecule has 0 unspecified atom stereocenters. The van der Waals surface area contributed by atoms with E-state index in [0.29, 0.717) is 11.1 Å². The molecule has 11 nitrogen and oxygen atoms in total. The van der Waals surface area contributed by atoms with Gasteiger partial charge in [0.15, 0.2) is 11.5 Å². The third kappa shape index (κ3) is 4.01. The minimum atomic E-state index is -1.64. The van der Waals surface area contributed by atoms with E-state index in [-0.39, 0.29) is 35.2 Å². The molecular weight excluding hydrogens is 428 g/mol. The number of ether oxygens (including phenoxy) is 3. The SMILES string of the molecule is OC[C@@H]1O[C@H](Oc2cc(O)c3c(c2)O[C@H](c2ccc(O)c(O)c2)[C@@H](O)C3)[C@@H](O)[C@@H](O)[C@H]1O. The molecular formula is C21H24O11. The lowest BCUT2D eigenvalue weighted by atomic mass is 9.94. The molecule has 32 heavy (non-hydrogen) atoms. The first-order chi connectivity index (χ1) is 15.2. The zero-order valence-electron chi connectivity index (χ0n) is 16.6. The summed E-state index contributed by atoms with van der Waals surface area (Å²) >= 11 is 0. The highest BCUT2D eigenvalue weighted by atomic mass is 16.7. The third-order valence-electron chi connectivity index (χ3n) is 5.60. The van der Waals surface area contributed by atoms with Gasteiger partial charge in [0, 0.05) is 24.1 Å². The first-order valence-electron chi connectivity index (χ1n) is 9.89. The summed E-state index contributed by atoms with van der Waals surface area (Å²) in [6, 6.07) is 6.58. The molecule has 174 valence electrons. The highest BCUT2D eigenvalue weighted by molar-refractivity contribution is 5.52. The van der Waals surface area contributed by atoms with Gasteiger partial charge in [-0.2, -0.15) is 0 Å². The molecule has 0 radical (unpaired) electrons. The lowest BCUT2D eigenvalue weighted by molar-refractivity contribution is -0.277. The number of phenolic OH excluding ortho intramolecular Hbond substituents is 3. The normalized spacial score (nSPS) is 32.1. The topological polar surface area (TPSA) is 190 Å². The van der Waals surface area contributed by atoms with Crippen LogP contribution in [0.5, 0.6) is 28.7 Å². The van der Waals surface area contributed by atoms with E-state index in [9.17, 15) is 40.9 Å². The van der Waals surface area contributed by atoms with Gasteiger partial charge in [0.2, 0.25) is 6.29 Å². The van der Waals surface area contributed by atoms with Gasteiger partial charge in [-0.25, -0.2) is 0 Å². The molecule has 1 fully saturated rings. The Morgan fingerprint density at radius 1 is 0.875 bits per heavy atom. The smallest absolute Gasteiger partial charge is 0.229 e. The Labute approximate surface area is 181 Å². The highest BCUT2D eigenvalue weighted by Crippen LogP contribution is 2.43. The number of aliphatic hydroxyl groups excluding tert-OH is 5. The monoisotopic (exact) mass is 452 g/mol. The van der Waals surface area contributed by atoms with E-state index < -0.39 is 49.5 Å². The number of hydrogen-bond acceptors (Lipinski definition) is 11. The number of rotatable bonds is 4. The van der Waals surface area contributed by atoms with Crippen LogP contribution in [0.25, 0.3) is 0 Å². The van der Waals surface area contributed by atoms with Gasteiger partial charge in [-0.3, -0.25) is 0 Å². The van der Waals surface area contributed by atoms with Gasteiger partial charge >= 0.3 is 0 Å². The summed E-state index contributed by atoms with van der Waals surface area (Å²) in [4.78, 5) is 0. The molecule has 0 aromatic heterocycles. The Morgan fingerprint density at radius 3 is 2.31 bits per heavy atom. The van der Waals surface area contributed by atoms with Crippen molar-refractivity contribution in [1.29, 1.82) is 0 Å². The van der Waals surface area contributed by atoms with Crippen molar-refractivity contribution >= 4 is 0 Å². The molecule has 0 bridgehead atoms. The molecule has 1 saturated heterocycles. The Bertz CT molecular complexity index is 978. The second-order valence-electron chi connectivity index (χ2n) is 7.79. The van der Waals surface area contributed by atoms with Crippen molar-refractivity contribution in [3.8, 4) is 28.7 Å². The molecule has 2 aromatic carbocycles. The largest absolute Gasteiger partial charge is 0.507 e. The van der Waals surface area contributed by atoms with Crippen LogP contribution in [0.3, 0.4) is 0 Å². The number of phenols is 3. The summed E-state index contributed by atoms with van der Waals surface area (Å²) in [5.41, 5.74) is 0.691. The van der Waals surface area contributed by atoms with E-state index in [1.54, 1.807) is 0 Å². The van der Waals surface area contributed by atoms with Gasteiger partial charge < -0.3 is 55.1 Å². The summed E-state index contributed by atoms with van der Waals surface area (Å²) in [7, 11) is 0. The van der Waals surface area contributed by atoms with Crippen molar-refractivity contribution in [2.45, 2.75) is 49.3 Å². The molecule has 0 spiro atoms. The second kappa shape index (κ2) is 8.62. The molecule has 4 rings (SSSR count). The Kier molecular flexibility index (Phi) is 6.03. The van der Waals surface area contributed by atoms with Gasteiger partial charge in [-0.15, -0.1) is 0 Å². The Morgan fingerprint density at radius 2 is 1.62 bits per heavy atom. The maximum absolute atomic E-state index is 10.5. The number of aromatic hydroxyl groups is 3. The zero-order chi connectivity index (χ0) is 23.2. The molecule has 2 aliphatic heterocycles. The van der Waals surface area contributed by atoms with Crippen LogP contribution in [-0.2, 0) is 11.2 Å². The number of aliphatic hydroxyl groups is 5. The van der Waals surface area contributed by atoms with Crippen LogP contribution in [0.2, 0.25) is 0 Å². The fourth-order valence-electron chi connectivity index (χ4n) is 3.82. The van der Waals surface area contributed by atoms with Gasteiger partial charge in [0.25, 0.3) is 0 Å². The minimum absolute atomic E-state index is 0.00530. The maximum Gasteiger partial charge on any atom is 0.229 e. The molecule has 7 atom stereocenters. The van der Waals surface area contributed by atoms with E-state index in [1.807, 2.05) is 0 Å². The highest BCUT2D eigenvalue weighted by Gasteiger charge is 2.45. The van der Waals surface area contributed by atoms with Crippen LogP contribution < -0.4 is 9.47 Å². The first-order valence-corrected chi connectivity index (χ1v) is 9.89. The third-order valence-corrected chi connectivity index (χ3v) is 5.60.